The Balaban J connectivity index is 2.44. The van der Waals surface area contributed by atoms with Crippen molar-refractivity contribution in [3.63, 3.8) is 0 Å². The van der Waals surface area contributed by atoms with Gasteiger partial charge >= 0.3 is 0 Å². The van der Waals surface area contributed by atoms with E-state index in [0.29, 0.717) is 17.9 Å². The Hall–Kier alpha value is -2.10. The lowest BCUT2D eigenvalue weighted by molar-refractivity contribution is 0.0999. The van der Waals surface area contributed by atoms with Crippen LogP contribution in [-0.2, 0) is 13.5 Å². The van der Waals surface area contributed by atoms with Gasteiger partial charge < -0.3 is 5.73 Å². The average Bonchev–Trinajstić information content (AvgIpc) is 2.70. The van der Waals surface area contributed by atoms with Crippen LogP contribution in [0.1, 0.15) is 52.5 Å². The van der Waals surface area contributed by atoms with Crippen LogP contribution in [0.4, 0.5) is 0 Å². The van der Waals surface area contributed by atoms with Gasteiger partial charge in [0.2, 0.25) is 0 Å². The maximum absolute atomic E-state index is 11.5. The molecule has 2 aromatic rings. The molecule has 1 aromatic carbocycles. The van der Waals surface area contributed by atoms with Crippen molar-refractivity contribution in [3.05, 3.63) is 52.3 Å². The molecular weight excluding hydrogens is 250 g/mol. The Labute approximate surface area is 119 Å². The van der Waals surface area contributed by atoms with E-state index in [1.807, 2.05) is 0 Å². The van der Waals surface area contributed by atoms with E-state index in [2.05, 4.69) is 44.1 Å². The Morgan fingerprint density at radius 2 is 2.10 bits per heavy atom. The molecule has 1 aromatic heterocycles. The van der Waals surface area contributed by atoms with Crippen LogP contribution in [0.25, 0.3) is 0 Å². The molecule has 0 saturated heterocycles. The number of benzene rings is 1. The van der Waals surface area contributed by atoms with Gasteiger partial charge in [-0.2, -0.15) is 5.10 Å². The van der Waals surface area contributed by atoms with Crippen LogP contribution in [0, 0.1) is 6.92 Å². The number of nitrogens with zero attached hydrogens (tertiary/aromatic N) is 2. The summed E-state index contributed by atoms with van der Waals surface area (Å²) in [6, 6.07) is 6.43. The maximum atomic E-state index is 11.5. The van der Waals surface area contributed by atoms with Crippen molar-refractivity contribution in [1.82, 2.24) is 9.78 Å². The molecule has 0 saturated carbocycles. The van der Waals surface area contributed by atoms with Crippen molar-refractivity contribution < 1.29 is 4.79 Å². The van der Waals surface area contributed by atoms with Crippen LogP contribution < -0.4 is 5.73 Å². The normalized spacial score (nSPS) is 11.1. The third kappa shape index (κ3) is 2.90. The average molecular weight is 271 g/mol. The molecule has 0 atom stereocenters. The van der Waals surface area contributed by atoms with E-state index in [1.54, 1.807) is 17.9 Å². The van der Waals surface area contributed by atoms with Crippen molar-refractivity contribution in [2.45, 2.75) is 33.1 Å². The predicted octanol–water partition coefficient (Wildman–Crippen LogP) is 2.54. The molecule has 0 spiro atoms. The van der Waals surface area contributed by atoms with Gasteiger partial charge in [-0.3, -0.25) is 9.48 Å². The summed E-state index contributed by atoms with van der Waals surface area (Å²) in [6.07, 6.45) is 2.32. The third-order valence-electron chi connectivity index (χ3n) is 3.45. The summed E-state index contributed by atoms with van der Waals surface area (Å²) in [6.45, 7) is 6.41. The van der Waals surface area contributed by atoms with Crippen LogP contribution in [-0.4, -0.2) is 15.7 Å². The van der Waals surface area contributed by atoms with Crippen molar-refractivity contribution in [3.8, 4) is 0 Å². The van der Waals surface area contributed by atoms with E-state index < -0.39 is 5.91 Å². The summed E-state index contributed by atoms with van der Waals surface area (Å²) in [5, 5.41) is 4.37. The fourth-order valence-electron chi connectivity index (χ4n) is 2.50. The zero-order valence-corrected chi connectivity index (χ0v) is 12.5. The molecule has 0 aliphatic heterocycles. The number of carbonyl (C=O) groups is 1. The lowest BCUT2D eigenvalue weighted by atomic mass is 9.92. The van der Waals surface area contributed by atoms with Crippen molar-refractivity contribution in [2.24, 2.45) is 12.8 Å². The molecule has 1 heterocycles. The minimum absolute atomic E-state index is 0.424. The first-order valence-corrected chi connectivity index (χ1v) is 6.80. The van der Waals surface area contributed by atoms with E-state index in [0.717, 1.165) is 5.69 Å². The highest BCUT2D eigenvalue weighted by molar-refractivity contribution is 5.93. The van der Waals surface area contributed by atoms with Crippen LogP contribution >= 0.6 is 0 Å². The summed E-state index contributed by atoms with van der Waals surface area (Å²) in [4.78, 5) is 11.5. The summed E-state index contributed by atoms with van der Waals surface area (Å²) >= 11 is 0. The minimum Gasteiger partial charge on any atom is -0.365 e. The Morgan fingerprint density at radius 1 is 1.40 bits per heavy atom. The zero-order valence-electron chi connectivity index (χ0n) is 12.5. The largest absolute Gasteiger partial charge is 0.365 e. The van der Waals surface area contributed by atoms with E-state index >= 15 is 0 Å². The number of hydrogen-bond donors (Lipinski definition) is 1. The second-order valence-corrected chi connectivity index (χ2v) is 5.56. The molecule has 4 heteroatoms. The van der Waals surface area contributed by atoms with Crippen LogP contribution in [0.15, 0.2) is 24.4 Å². The van der Waals surface area contributed by atoms with E-state index in [4.69, 9.17) is 5.73 Å². The first-order valence-electron chi connectivity index (χ1n) is 6.80. The maximum Gasteiger partial charge on any atom is 0.252 e. The van der Waals surface area contributed by atoms with Gasteiger partial charge in [-0.1, -0.05) is 37.6 Å². The summed E-state index contributed by atoms with van der Waals surface area (Å²) in [7, 11) is 1.80. The first kappa shape index (κ1) is 14.3. The SMILES string of the molecule is Cc1ccc(C(C)C)c(Cc2nn(C)cc2C(N)=O)c1. The van der Waals surface area contributed by atoms with Crippen molar-refractivity contribution in [1.29, 1.82) is 0 Å². The van der Waals surface area contributed by atoms with Crippen molar-refractivity contribution in [2.75, 3.05) is 0 Å². The van der Waals surface area contributed by atoms with Crippen molar-refractivity contribution >= 4 is 5.91 Å². The molecule has 2 N–H and O–H groups in total. The standard InChI is InChI=1S/C16H21N3O/c1-10(2)13-6-5-11(3)7-12(13)8-15-14(16(17)20)9-19(4)18-15/h5-7,9-10H,8H2,1-4H3,(H2,17,20). The van der Waals surface area contributed by atoms with Gasteiger partial charge in [0.25, 0.3) is 5.91 Å². The quantitative estimate of drug-likeness (QED) is 0.929. The van der Waals surface area contributed by atoms with Crippen LogP contribution in [0.3, 0.4) is 0 Å². The Kier molecular flexibility index (Phi) is 3.93. The highest BCUT2D eigenvalue weighted by Crippen LogP contribution is 2.24. The highest BCUT2D eigenvalue weighted by Gasteiger charge is 2.15. The summed E-state index contributed by atoms with van der Waals surface area (Å²) < 4.78 is 1.64. The van der Waals surface area contributed by atoms with E-state index in [9.17, 15) is 4.79 Å². The predicted molar refractivity (Wildman–Crippen MR) is 79.8 cm³/mol. The number of amides is 1. The molecule has 20 heavy (non-hydrogen) atoms. The van der Waals surface area contributed by atoms with Crippen LogP contribution in [0.2, 0.25) is 0 Å². The number of rotatable bonds is 4. The molecule has 0 aliphatic rings. The number of aryl methyl sites for hydroxylation is 2. The summed E-state index contributed by atoms with van der Waals surface area (Å²) in [5.74, 6) is 0.0122. The molecule has 0 aliphatic carbocycles. The minimum atomic E-state index is -0.424. The number of primary amides is 1. The highest BCUT2D eigenvalue weighted by atomic mass is 16.1. The second kappa shape index (κ2) is 5.49. The number of aromatic nitrogens is 2. The molecule has 0 fully saturated rings. The van der Waals surface area contributed by atoms with Gasteiger partial charge in [0.05, 0.1) is 11.3 Å². The smallest absolute Gasteiger partial charge is 0.252 e. The second-order valence-electron chi connectivity index (χ2n) is 5.56. The van der Waals surface area contributed by atoms with Crippen LogP contribution in [0.5, 0.6) is 0 Å². The molecule has 0 unspecified atom stereocenters. The Bertz CT molecular complexity index is 641. The number of carbonyl (C=O) groups excluding carboxylic acids is 1. The molecular formula is C16H21N3O. The first-order chi connectivity index (χ1) is 9.38. The molecule has 4 nitrogen and oxygen atoms in total. The number of hydrogen-bond acceptors (Lipinski definition) is 2. The summed E-state index contributed by atoms with van der Waals surface area (Å²) in [5.41, 5.74) is 10.4. The monoisotopic (exact) mass is 271 g/mol. The number of nitrogens with two attached hydrogens (primary N) is 1. The molecule has 0 bridgehead atoms. The van der Waals surface area contributed by atoms with E-state index in [1.165, 1.54) is 16.7 Å². The van der Waals surface area contributed by atoms with Gasteiger partial charge in [-0.25, -0.2) is 0 Å². The van der Waals surface area contributed by atoms with Gasteiger partial charge in [-0.15, -0.1) is 0 Å². The molecule has 1 amide bonds. The van der Waals surface area contributed by atoms with Gasteiger partial charge in [-0.05, 0) is 24.0 Å². The fraction of sp³-hybridized carbons (Fsp3) is 0.375. The van der Waals surface area contributed by atoms with Gasteiger partial charge in [0.15, 0.2) is 0 Å². The third-order valence-corrected chi connectivity index (χ3v) is 3.45. The topological polar surface area (TPSA) is 60.9 Å². The molecule has 106 valence electrons. The van der Waals surface area contributed by atoms with E-state index in [-0.39, 0.29) is 0 Å². The zero-order chi connectivity index (χ0) is 14.9. The lowest BCUT2D eigenvalue weighted by Gasteiger charge is -2.13. The van der Waals surface area contributed by atoms with Gasteiger partial charge in [0, 0.05) is 19.7 Å². The van der Waals surface area contributed by atoms with Gasteiger partial charge in [0.1, 0.15) is 0 Å². The molecule has 0 radical (unpaired) electrons. The Morgan fingerprint density at radius 3 is 2.70 bits per heavy atom. The molecule has 2 rings (SSSR count). The lowest BCUT2D eigenvalue weighted by Crippen LogP contribution is -2.13. The fourth-order valence-corrected chi connectivity index (χ4v) is 2.50.